The predicted octanol–water partition coefficient (Wildman–Crippen LogP) is 2.69. The van der Waals surface area contributed by atoms with E-state index in [1.54, 1.807) is 13.1 Å². The maximum Gasteiger partial charge on any atom is 0.120 e. The number of aromatic nitrogens is 1. The lowest BCUT2D eigenvalue weighted by molar-refractivity contribution is 0.201. The number of pyridine rings is 1. The minimum atomic E-state index is -0.498. The third-order valence-corrected chi connectivity index (χ3v) is 2.51. The quantitative estimate of drug-likeness (QED) is 0.859. The molecule has 1 aromatic carbocycles. The second kappa shape index (κ2) is 4.49. The highest BCUT2D eigenvalue weighted by Gasteiger charge is 2.07. The summed E-state index contributed by atoms with van der Waals surface area (Å²) in [6, 6.07) is 7.56. The molecule has 0 aliphatic heterocycles. The minimum absolute atomic E-state index is 0.498. The summed E-state index contributed by atoms with van der Waals surface area (Å²) in [5.74, 6) is 0.810. The molecule has 0 saturated heterocycles. The second-order valence-corrected chi connectivity index (χ2v) is 3.69. The molecule has 1 N–H and O–H groups in total. The Hall–Kier alpha value is -1.61. The maximum atomic E-state index is 9.67. The first-order valence-corrected chi connectivity index (χ1v) is 5.42. The molecular formula is C13H15NO2. The lowest BCUT2D eigenvalue weighted by Crippen LogP contribution is -1.96. The van der Waals surface area contributed by atoms with E-state index in [1.807, 2.05) is 31.2 Å². The van der Waals surface area contributed by atoms with Gasteiger partial charge in [-0.25, -0.2) is 0 Å². The van der Waals surface area contributed by atoms with E-state index < -0.39 is 6.10 Å². The van der Waals surface area contributed by atoms with Gasteiger partial charge in [0.2, 0.25) is 0 Å². The zero-order chi connectivity index (χ0) is 11.5. The Kier molecular flexibility index (Phi) is 3.06. The number of aliphatic hydroxyl groups excluding tert-OH is 1. The first kappa shape index (κ1) is 10.9. The number of hydrogen-bond donors (Lipinski definition) is 1. The van der Waals surface area contributed by atoms with Gasteiger partial charge in [0.1, 0.15) is 5.75 Å². The van der Waals surface area contributed by atoms with E-state index in [0.29, 0.717) is 6.61 Å². The van der Waals surface area contributed by atoms with E-state index in [-0.39, 0.29) is 0 Å². The lowest BCUT2D eigenvalue weighted by Gasteiger charge is -2.10. The molecule has 3 nitrogen and oxygen atoms in total. The van der Waals surface area contributed by atoms with Gasteiger partial charge in [-0.15, -0.1) is 0 Å². The van der Waals surface area contributed by atoms with Crippen LogP contribution in [0.1, 0.15) is 25.5 Å². The van der Waals surface area contributed by atoms with Crippen molar-refractivity contribution in [1.29, 1.82) is 0 Å². The van der Waals surface area contributed by atoms with Gasteiger partial charge < -0.3 is 9.84 Å². The van der Waals surface area contributed by atoms with Crippen molar-refractivity contribution in [2.24, 2.45) is 0 Å². The molecule has 0 saturated carbocycles. The van der Waals surface area contributed by atoms with Crippen molar-refractivity contribution in [2.75, 3.05) is 6.61 Å². The van der Waals surface area contributed by atoms with Crippen molar-refractivity contribution < 1.29 is 9.84 Å². The normalized spacial score (nSPS) is 12.7. The summed E-state index contributed by atoms with van der Waals surface area (Å²) in [7, 11) is 0. The van der Waals surface area contributed by atoms with Crippen LogP contribution in [-0.2, 0) is 0 Å². The number of nitrogens with zero attached hydrogens (tertiary/aromatic N) is 1. The Bertz CT molecular complexity index is 494. The molecule has 0 aliphatic carbocycles. The summed E-state index contributed by atoms with van der Waals surface area (Å²) >= 11 is 0. The van der Waals surface area contributed by atoms with Crippen LogP contribution < -0.4 is 4.74 Å². The molecule has 0 spiro atoms. The molecule has 2 aromatic rings. The molecule has 3 heteroatoms. The van der Waals surface area contributed by atoms with Crippen molar-refractivity contribution in [3.05, 3.63) is 36.0 Å². The molecule has 0 aliphatic rings. The van der Waals surface area contributed by atoms with Gasteiger partial charge in [-0.1, -0.05) is 0 Å². The molecule has 0 fully saturated rings. The van der Waals surface area contributed by atoms with Crippen LogP contribution in [0.15, 0.2) is 30.5 Å². The Morgan fingerprint density at radius 3 is 2.88 bits per heavy atom. The number of fused-ring (bicyclic) bond motifs is 1. The molecule has 1 atom stereocenters. The van der Waals surface area contributed by atoms with Crippen LogP contribution in [0.2, 0.25) is 0 Å². The first-order valence-electron chi connectivity index (χ1n) is 5.42. The Morgan fingerprint density at radius 1 is 1.38 bits per heavy atom. The lowest BCUT2D eigenvalue weighted by atomic mass is 10.1. The van der Waals surface area contributed by atoms with Gasteiger partial charge >= 0.3 is 0 Å². The monoisotopic (exact) mass is 217 g/mol. The zero-order valence-corrected chi connectivity index (χ0v) is 9.47. The Balaban J connectivity index is 2.59. The van der Waals surface area contributed by atoms with E-state index in [4.69, 9.17) is 4.74 Å². The molecule has 0 radical (unpaired) electrons. The van der Waals surface area contributed by atoms with Crippen LogP contribution >= 0.6 is 0 Å². The average molecular weight is 217 g/mol. The fourth-order valence-electron chi connectivity index (χ4n) is 1.77. The summed E-state index contributed by atoms with van der Waals surface area (Å²) in [4.78, 5) is 4.26. The summed E-state index contributed by atoms with van der Waals surface area (Å²) in [5.41, 5.74) is 1.76. The van der Waals surface area contributed by atoms with Crippen LogP contribution in [0.25, 0.3) is 10.9 Å². The van der Waals surface area contributed by atoms with Gasteiger partial charge in [-0.3, -0.25) is 4.98 Å². The van der Waals surface area contributed by atoms with Gasteiger partial charge in [0, 0.05) is 11.6 Å². The van der Waals surface area contributed by atoms with Crippen molar-refractivity contribution in [3.8, 4) is 5.75 Å². The van der Waals surface area contributed by atoms with Crippen LogP contribution in [0, 0.1) is 0 Å². The predicted molar refractivity (Wildman–Crippen MR) is 63.5 cm³/mol. The second-order valence-electron chi connectivity index (χ2n) is 3.69. The summed E-state index contributed by atoms with van der Waals surface area (Å²) in [6.07, 6.45) is 1.22. The molecule has 0 amide bonds. The van der Waals surface area contributed by atoms with E-state index in [2.05, 4.69) is 4.98 Å². The smallest absolute Gasteiger partial charge is 0.120 e. The highest BCUT2D eigenvalue weighted by molar-refractivity contribution is 5.83. The standard InChI is InChI=1S/C13H15NO2/c1-3-16-10-4-5-13-12(8-10)11(9(2)15)6-7-14-13/h4-9,15H,3H2,1-2H3. The number of ether oxygens (including phenoxy) is 1. The first-order chi connectivity index (χ1) is 7.72. The molecule has 16 heavy (non-hydrogen) atoms. The molecule has 1 aromatic heterocycles. The largest absolute Gasteiger partial charge is 0.494 e. The average Bonchev–Trinajstić information content (AvgIpc) is 2.28. The van der Waals surface area contributed by atoms with Gasteiger partial charge in [0.25, 0.3) is 0 Å². The number of hydrogen-bond acceptors (Lipinski definition) is 3. The SMILES string of the molecule is CCOc1ccc2nccc(C(C)O)c2c1. The molecular weight excluding hydrogens is 202 g/mol. The van der Waals surface area contributed by atoms with E-state index in [0.717, 1.165) is 22.2 Å². The minimum Gasteiger partial charge on any atom is -0.494 e. The summed E-state index contributed by atoms with van der Waals surface area (Å²) in [5, 5.41) is 10.6. The molecule has 1 heterocycles. The summed E-state index contributed by atoms with van der Waals surface area (Å²) in [6.45, 7) is 4.33. The van der Waals surface area contributed by atoms with Crippen molar-refractivity contribution >= 4 is 10.9 Å². The fraction of sp³-hybridized carbons (Fsp3) is 0.308. The van der Waals surface area contributed by atoms with Crippen molar-refractivity contribution in [1.82, 2.24) is 4.98 Å². The third-order valence-electron chi connectivity index (χ3n) is 2.51. The van der Waals surface area contributed by atoms with Gasteiger partial charge in [-0.05, 0) is 43.7 Å². The van der Waals surface area contributed by atoms with Crippen LogP contribution in [0.4, 0.5) is 0 Å². The van der Waals surface area contributed by atoms with E-state index >= 15 is 0 Å². The summed E-state index contributed by atoms with van der Waals surface area (Å²) < 4.78 is 5.44. The molecule has 2 rings (SSSR count). The topological polar surface area (TPSA) is 42.4 Å². The Morgan fingerprint density at radius 2 is 2.19 bits per heavy atom. The zero-order valence-electron chi connectivity index (χ0n) is 9.47. The van der Waals surface area contributed by atoms with Crippen LogP contribution in [0.3, 0.4) is 0 Å². The number of benzene rings is 1. The van der Waals surface area contributed by atoms with Gasteiger partial charge in [0.05, 0.1) is 18.2 Å². The van der Waals surface area contributed by atoms with Crippen molar-refractivity contribution in [2.45, 2.75) is 20.0 Å². The number of aliphatic hydroxyl groups is 1. The van der Waals surface area contributed by atoms with Crippen molar-refractivity contribution in [3.63, 3.8) is 0 Å². The van der Waals surface area contributed by atoms with E-state index in [1.165, 1.54) is 0 Å². The number of rotatable bonds is 3. The fourth-order valence-corrected chi connectivity index (χ4v) is 1.77. The Labute approximate surface area is 94.7 Å². The maximum absolute atomic E-state index is 9.67. The van der Waals surface area contributed by atoms with Crippen LogP contribution in [-0.4, -0.2) is 16.7 Å². The van der Waals surface area contributed by atoms with Gasteiger partial charge in [-0.2, -0.15) is 0 Å². The third kappa shape index (κ3) is 1.99. The highest BCUT2D eigenvalue weighted by atomic mass is 16.5. The molecule has 84 valence electrons. The van der Waals surface area contributed by atoms with Crippen LogP contribution in [0.5, 0.6) is 5.75 Å². The molecule has 0 bridgehead atoms. The van der Waals surface area contributed by atoms with Gasteiger partial charge in [0.15, 0.2) is 0 Å². The molecule has 1 unspecified atom stereocenters. The highest BCUT2D eigenvalue weighted by Crippen LogP contribution is 2.26. The van der Waals surface area contributed by atoms with E-state index in [9.17, 15) is 5.11 Å².